The highest BCUT2D eigenvalue weighted by Gasteiger charge is 2.36. The maximum Gasteiger partial charge on any atom is 0.408 e. The van der Waals surface area contributed by atoms with E-state index < -0.39 is 11.7 Å². The lowest BCUT2D eigenvalue weighted by atomic mass is 10.0. The summed E-state index contributed by atoms with van der Waals surface area (Å²) in [5.74, 6) is -0.362. The van der Waals surface area contributed by atoms with Crippen molar-refractivity contribution in [1.29, 1.82) is 0 Å². The highest BCUT2D eigenvalue weighted by atomic mass is 35.5. The Hall–Kier alpha value is -1.63. The summed E-state index contributed by atoms with van der Waals surface area (Å²) in [6.45, 7) is 6.66. The fourth-order valence-electron chi connectivity index (χ4n) is 2.84. The number of Topliss-reactive ketones (excluding diaryl/α,β-unsaturated/α-hetero) is 1. The molecule has 3 N–H and O–H groups in total. The Morgan fingerprint density at radius 1 is 1.32 bits per heavy atom. The molecule has 2 rings (SSSR count). The molecule has 1 aromatic carbocycles. The van der Waals surface area contributed by atoms with E-state index in [-0.39, 0.29) is 24.4 Å². The summed E-state index contributed by atoms with van der Waals surface area (Å²) in [5.41, 5.74) is 6.75. The molecule has 0 radical (unpaired) electrons. The van der Waals surface area contributed by atoms with Crippen LogP contribution in [0.1, 0.15) is 32.8 Å². The van der Waals surface area contributed by atoms with Crippen LogP contribution in [-0.4, -0.2) is 41.6 Å². The third kappa shape index (κ3) is 5.99. The maximum absolute atomic E-state index is 12.4. The van der Waals surface area contributed by atoms with Gasteiger partial charge in [0.05, 0.1) is 12.7 Å². The van der Waals surface area contributed by atoms with Crippen molar-refractivity contribution in [2.45, 2.75) is 45.5 Å². The zero-order valence-electron chi connectivity index (χ0n) is 14.9. The average Bonchev–Trinajstić information content (AvgIpc) is 2.87. The summed E-state index contributed by atoms with van der Waals surface area (Å²) >= 11 is 5.89. The summed E-state index contributed by atoms with van der Waals surface area (Å²) in [7, 11) is 0. The number of rotatable bonds is 5. The molecule has 7 heteroatoms. The topological polar surface area (TPSA) is 84.7 Å². The Balaban J connectivity index is 1.83. The van der Waals surface area contributed by atoms with Crippen LogP contribution in [-0.2, 0) is 16.1 Å². The number of likely N-dealkylation sites (tertiary alicyclic amines) is 1. The number of halogens is 1. The van der Waals surface area contributed by atoms with E-state index in [4.69, 9.17) is 22.1 Å². The molecule has 6 nitrogen and oxygen atoms in total. The van der Waals surface area contributed by atoms with E-state index in [2.05, 4.69) is 10.2 Å². The van der Waals surface area contributed by atoms with Crippen molar-refractivity contribution in [2.75, 3.05) is 13.1 Å². The first-order chi connectivity index (χ1) is 11.7. The molecule has 1 aromatic rings. The number of nitrogens with two attached hydrogens (primary N) is 1. The molecule has 0 aliphatic carbocycles. The van der Waals surface area contributed by atoms with Crippen molar-refractivity contribution in [1.82, 2.24) is 10.2 Å². The van der Waals surface area contributed by atoms with Crippen LogP contribution < -0.4 is 11.1 Å². The molecule has 1 amide bonds. The molecular formula is C18H26ClN3O3. The van der Waals surface area contributed by atoms with Crippen molar-refractivity contribution in [3.63, 3.8) is 0 Å². The summed E-state index contributed by atoms with van der Waals surface area (Å²) in [4.78, 5) is 26.1. The highest BCUT2D eigenvalue weighted by Crippen LogP contribution is 2.24. The van der Waals surface area contributed by atoms with E-state index in [1.54, 1.807) is 20.8 Å². The Morgan fingerprint density at radius 3 is 2.56 bits per heavy atom. The van der Waals surface area contributed by atoms with Crippen LogP contribution in [0, 0.1) is 5.92 Å². The minimum Gasteiger partial charge on any atom is -0.444 e. The van der Waals surface area contributed by atoms with E-state index >= 15 is 0 Å². The third-order valence-corrected chi connectivity index (χ3v) is 4.33. The molecule has 2 atom stereocenters. The van der Waals surface area contributed by atoms with Gasteiger partial charge in [-0.2, -0.15) is 0 Å². The molecule has 1 saturated heterocycles. The highest BCUT2D eigenvalue weighted by molar-refractivity contribution is 6.30. The molecular weight excluding hydrogens is 342 g/mol. The number of benzene rings is 1. The maximum atomic E-state index is 12.4. The predicted molar refractivity (Wildman–Crippen MR) is 97.2 cm³/mol. The number of carbonyl (C=O) groups excluding carboxylic acids is 2. The van der Waals surface area contributed by atoms with Crippen molar-refractivity contribution in [3.8, 4) is 0 Å². The van der Waals surface area contributed by atoms with E-state index in [0.29, 0.717) is 18.0 Å². The standard InChI is InChI=1S/C18H26ClN3O3/c1-18(2,3)25-17(24)21-10-15(23)14-8-9-22(16(14)20)11-12-4-6-13(19)7-5-12/h4-7,14,16H,8-11,20H2,1-3H3,(H,21,24)/t14?,16-/m1/s1. The molecule has 1 unspecified atom stereocenters. The first kappa shape index (κ1) is 19.7. The van der Waals surface area contributed by atoms with Crippen molar-refractivity contribution >= 4 is 23.5 Å². The van der Waals surface area contributed by atoms with E-state index in [1.807, 2.05) is 24.3 Å². The summed E-state index contributed by atoms with van der Waals surface area (Å²) in [6.07, 6.45) is -0.266. The van der Waals surface area contributed by atoms with Gasteiger partial charge in [-0.15, -0.1) is 0 Å². The SMILES string of the molecule is CC(C)(C)OC(=O)NCC(=O)C1CCN(Cc2ccc(Cl)cc2)[C@H]1N. The van der Waals surface area contributed by atoms with Crippen LogP contribution in [0.5, 0.6) is 0 Å². The number of ketones is 1. The minimum absolute atomic E-state index is 0.0674. The Bertz CT molecular complexity index is 613. The molecule has 25 heavy (non-hydrogen) atoms. The minimum atomic E-state index is -0.592. The number of alkyl carbamates (subject to hydrolysis) is 1. The summed E-state index contributed by atoms with van der Waals surface area (Å²) in [5, 5.41) is 3.20. The second kappa shape index (κ2) is 8.17. The fraction of sp³-hybridized carbons (Fsp3) is 0.556. The number of nitrogens with zero attached hydrogens (tertiary/aromatic N) is 1. The molecule has 1 fully saturated rings. The molecule has 138 valence electrons. The van der Waals surface area contributed by atoms with Crippen LogP contribution in [0.25, 0.3) is 0 Å². The van der Waals surface area contributed by atoms with Gasteiger partial charge in [-0.05, 0) is 44.9 Å². The molecule has 0 aromatic heterocycles. The largest absolute Gasteiger partial charge is 0.444 e. The van der Waals surface area contributed by atoms with Gasteiger partial charge < -0.3 is 15.8 Å². The van der Waals surface area contributed by atoms with E-state index in [0.717, 1.165) is 12.1 Å². The van der Waals surface area contributed by atoms with Crippen molar-refractivity contribution < 1.29 is 14.3 Å². The molecule has 0 bridgehead atoms. The van der Waals surface area contributed by atoms with Crippen LogP contribution in [0.15, 0.2) is 24.3 Å². The fourth-order valence-corrected chi connectivity index (χ4v) is 2.97. The number of hydrogen-bond donors (Lipinski definition) is 2. The lowest BCUT2D eigenvalue weighted by Crippen LogP contribution is -2.45. The second-order valence-electron chi connectivity index (χ2n) is 7.30. The van der Waals surface area contributed by atoms with Crippen molar-refractivity contribution in [2.24, 2.45) is 11.7 Å². The molecule has 0 spiro atoms. The summed E-state index contributed by atoms with van der Waals surface area (Å²) < 4.78 is 5.13. The molecule has 1 aliphatic rings. The zero-order chi connectivity index (χ0) is 18.6. The quantitative estimate of drug-likeness (QED) is 0.835. The molecule has 1 heterocycles. The van der Waals surface area contributed by atoms with Gasteiger partial charge in [0.15, 0.2) is 5.78 Å². The van der Waals surface area contributed by atoms with Crippen LogP contribution in [0.2, 0.25) is 5.02 Å². The number of carbonyl (C=O) groups is 2. The van der Waals surface area contributed by atoms with E-state index in [1.165, 1.54) is 0 Å². The van der Waals surface area contributed by atoms with Gasteiger partial charge in [0.1, 0.15) is 5.60 Å². The first-order valence-corrected chi connectivity index (χ1v) is 8.77. The van der Waals surface area contributed by atoms with Crippen molar-refractivity contribution in [3.05, 3.63) is 34.9 Å². The normalized spacial score (nSPS) is 21.2. The Morgan fingerprint density at radius 2 is 1.96 bits per heavy atom. The zero-order valence-corrected chi connectivity index (χ0v) is 15.7. The average molecular weight is 368 g/mol. The Labute approximate surface area is 153 Å². The predicted octanol–water partition coefficient (Wildman–Crippen LogP) is 2.54. The third-order valence-electron chi connectivity index (χ3n) is 4.08. The Kier molecular flexibility index (Phi) is 6.43. The van der Waals surface area contributed by atoms with Crippen LogP contribution >= 0.6 is 11.6 Å². The number of hydrogen-bond acceptors (Lipinski definition) is 5. The van der Waals surface area contributed by atoms with Gasteiger partial charge >= 0.3 is 6.09 Å². The lowest BCUT2D eigenvalue weighted by molar-refractivity contribution is -0.122. The smallest absolute Gasteiger partial charge is 0.408 e. The van der Waals surface area contributed by atoms with Crippen LogP contribution in [0.4, 0.5) is 4.79 Å². The second-order valence-corrected chi connectivity index (χ2v) is 7.74. The lowest BCUT2D eigenvalue weighted by Gasteiger charge is -2.24. The number of ether oxygens (including phenoxy) is 1. The van der Waals surface area contributed by atoms with Gasteiger partial charge in [0.2, 0.25) is 0 Å². The molecule has 1 aliphatic heterocycles. The van der Waals surface area contributed by atoms with Gasteiger partial charge in [-0.3, -0.25) is 9.69 Å². The van der Waals surface area contributed by atoms with Gasteiger partial charge in [0, 0.05) is 24.0 Å². The van der Waals surface area contributed by atoms with Gasteiger partial charge in [-0.1, -0.05) is 23.7 Å². The summed E-state index contributed by atoms with van der Waals surface area (Å²) in [6, 6.07) is 7.58. The number of amides is 1. The molecule has 0 saturated carbocycles. The van der Waals surface area contributed by atoms with Crippen LogP contribution in [0.3, 0.4) is 0 Å². The van der Waals surface area contributed by atoms with E-state index in [9.17, 15) is 9.59 Å². The number of nitrogens with one attached hydrogen (secondary N) is 1. The first-order valence-electron chi connectivity index (χ1n) is 8.39. The monoisotopic (exact) mass is 367 g/mol. The van der Waals surface area contributed by atoms with Gasteiger partial charge in [-0.25, -0.2) is 4.79 Å². The van der Waals surface area contributed by atoms with Gasteiger partial charge in [0.25, 0.3) is 0 Å².